The van der Waals surface area contributed by atoms with Gasteiger partial charge in [-0.3, -0.25) is 14.8 Å². The van der Waals surface area contributed by atoms with Gasteiger partial charge in [-0.15, -0.1) is 0 Å². The van der Waals surface area contributed by atoms with E-state index >= 15 is 0 Å². The molecule has 0 radical (unpaired) electrons. The number of carbonyl (C=O) groups is 1. The number of aromatic amines is 1. The minimum absolute atomic E-state index is 0.0899. The van der Waals surface area contributed by atoms with Gasteiger partial charge in [-0.05, 0) is 18.1 Å². The lowest BCUT2D eigenvalue weighted by Crippen LogP contribution is -2.43. The average molecular weight is 312 g/mol. The van der Waals surface area contributed by atoms with Gasteiger partial charge in [0.05, 0.1) is 12.7 Å². The third-order valence-electron chi connectivity index (χ3n) is 4.67. The summed E-state index contributed by atoms with van der Waals surface area (Å²) in [7, 11) is 0. The lowest BCUT2D eigenvalue weighted by Gasteiger charge is -2.35. The van der Waals surface area contributed by atoms with Gasteiger partial charge in [0.15, 0.2) is 0 Å². The minimum atomic E-state index is -0.0899. The molecule has 3 heterocycles. The number of hydrogen-bond acceptors (Lipinski definition) is 4. The number of hydrogen-bond donors (Lipinski definition) is 2. The van der Waals surface area contributed by atoms with Crippen LogP contribution in [-0.4, -0.2) is 52.8 Å². The summed E-state index contributed by atoms with van der Waals surface area (Å²) in [6.07, 6.45) is 2.64. The van der Waals surface area contributed by atoms with Crippen LogP contribution in [0.4, 0.5) is 0 Å². The van der Waals surface area contributed by atoms with Crippen LogP contribution in [0.15, 0.2) is 42.6 Å². The lowest BCUT2D eigenvalue weighted by atomic mass is 10.1. The summed E-state index contributed by atoms with van der Waals surface area (Å²) >= 11 is 0. The van der Waals surface area contributed by atoms with Crippen LogP contribution in [0.2, 0.25) is 0 Å². The maximum Gasteiger partial charge on any atom is 0.269 e. The Morgan fingerprint density at radius 1 is 1.26 bits per heavy atom. The Bertz CT molecular complexity index is 658. The number of fused-ring (bicyclic) bond motifs is 1. The van der Waals surface area contributed by atoms with Gasteiger partial charge in [0, 0.05) is 31.4 Å². The van der Waals surface area contributed by atoms with E-state index in [0.29, 0.717) is 11.7 Å². The highest BCUT2D eigenvalue weighted by atomic mass is 16.5. The summed E-state index contributed by atoms with van der Waals surface area (Å²) in [6.45, 7) is 2.47. The molecule has 2 aliphatic rings. The van der Waals surface area contributed by atoms with Crippen molar-refractivity contribution < 1.29 is 9.53 Å². The van der Waals surface area contributed by atoms with Crippen molar-refractivity contribution in [2.24, 2.45) is 0 Å². The predicted octanol–water partition coefficient (Wildman–Crippen LogP) is 1.35. The van der Waals surface area contributed by atoms with Crippen molar-refractivity contribution in [1.29, 1.82) is 0 Å². The molecule has 1 aromatic heterocycles. The molecule has 2 fully saturated rings. The molecule has 2 N–H and O–H groups in total. The molecule has 0 unspecified atom stereocenters. The van der Waals surface area contributed by atoms with E-state index in [9.17, 15) is 4.79 Å². The number of nitrogens with one attached hydrogen (secondary N) is 2. The Kier molecular flexibility index (Phi) is 3.85. The second-order valence-electron chi connectivity index (χ2n) is 6.22. The number of rotatable bonds is 3. The van der Waals surface area contributed by atoms with E-state index in [1.165, 1.54) is 5.56 Å². The van der Waals surface area contributed by atoms with Crippen molar-refractivity contribution in [2.75, 3.05) is 19.7 Å². The topological polar surface area (TPSA) is 70.2 Å². The number of morpholine rings is 1. The average Bonchev–Trinajstić information content (AvgIpc) is 3.24. The number of H-pyrrole nitrogens is 1. The summed E-state index contributed by atoms with van der Waals surface area (Å²) in [5, 5.41) is 9.60. The smallest absolute Gasteiger partial charge is 0.269 e. The summed E-state index contributed by atoms with van der Waals surface area (Å²) in [4.78, 5) is 14.6. The molecule has 6 heteroatoms. The molecule has 23 heavy (non-hydrogen) atoms. The third kappa shape index (κ3) is 3.00. The number of carbonyl (C=O) groups excluding carboxylic acids is 1. The van der Waals surface area contributed by atoms with Gasteiger partial charge in [-0.2, -0.15) is 5.10 Å². The normalized spacial score (nSPS) is 27.6. The molecule has 4 rings (SSSR count). The molecule has 2 aliphatic heterocycles. The van der Waals surface area contributed by atoms with E-state index in [4.69, 9.17) is 4.74 Å². The zero-order chi connectivity index (χ0) is 15.6. The molecule has 0 bridgehead atoms. The largest absolute Gasteiger partial charge is 0.371 e. The van der Waals surface area contributed by atoms with E-state index in [-0.39, 0.29) is 18.1 Å². The molecule has 3 atom stereocenters. The van der Waals surface area contributed by atoms with E-state index in [1.54, 1.807) is 12.3 Å². The van der Waals surface area contributed by atoms with Crippen LogP contribution in [0.1, 0.15) is 28.6 Å². The van der Waals surface area contributed by atoms with Gasteiger partial charge in [-0.1, -0.05) is 30.3 Å². The summed E-state index contributed by atoms with van der Waals surface area (Å²) < 4.78 is 6.03. The van der Waals surface area contributed by atoms with Gasteiger partial charge < -0.3 is 10.1 Å². The van der Waals surface area contributed by atoms with Gasteiger partial charge in [-0.25, -0.2) is 0 Å². The number of nitrogens with zero attached hydrogens (tertiary/aromatic N) is 2. The van der Waals surface area contributed by atoms with E-state index in [1.807, 2.05) is 18.2 Å². The second-order valence-corrected chi connectivity index (χ2v) is 6.22. The molecule has 0 saturated carbocycles. The fourth-order valence-corrected chi connectivity index (χ4v) is 3.49. The summed E-state index contributed by atoms with van der Waals surface area (Å²) in [5.74, 6) is -0.0899. The molecule has 1 amide bonds. The zero-order valence-electron chi connectivity index (χ0n) is 12.8. The SMILES string of the molecule is O=C(N[C@@H]1C[C@H]2CO[C@@H](c3ccccc3)CN2C1)c1ccn[nH]1. The van der Waals surface area contributed by atoms with Crippen molar-refractivity contribution in [2.45, 2.75) is 24.6 Å². The van der Waals surface area contributed by atoms with Crippen LogP contribution < -0.4 is 5.32 Å². The lowest BCUT2D eigenvalue weighted by molar-refractivity contribution is -0.0502. The van der Waals surface area contributed by atoms with E-state index in [2.05, 4.69) is 32.5 Å². The van der Waals surface area contributed by atoms with Gasteiger partial charge in [0.25, 0.3) is 5.91 Å². The maximum atomic E-state index is 12.1. The standard InChI is InChI=1S/C17H20N4O2/c22-17(15-6-7-18-20-15)19-13-8-14-11-23-16(10-21(14)9-13)12-4-2-1-3-5-12/h1-7,13-14,16H,8-11H2,(H,18,20)(H,19,22)/t13-,14+,16-/m1/s1. The van der Waals surface area contributed by atoms with Crippen LogP contribution in [-0.2, 0) is 4.74 Å². The number of benzene rings is 1. The van der Waals surface area contributed by atoms with Crippen LogP contribution in [0, 0.1) is 0 Å². The highest BCUT2D eigenvalue weighted by molar-refractivity contribution is 5.92. The first-order chi connectivity index (χ1) is 11.3. The molecule has 6 nitrogen and oxygen atoms in total. The molecule has 2 aromatic rings. The monoisotopic (exact) mass is 312 g/mol. The fourth-order valence-electron chi connectivity index (χ4n) is 3.49. The van der Waals surface area contributed by atoms with Crippen molar-refractivity contribution in [3.8, 4) is 0 Å². The predicted molar refractivity (Wildman–Crippen MR) is 85.0 cm³/mol. The minimum Gasteiger partial charge on any atom is -0.371 e. The highest BCUT2D eigenvalue weighted by Crippen LogP contribution is 2.30. The Labute approximate surface area is 134 Å². The second kappa shape index (κ2) is 6.14. The fraction of sp³-hybridized carbons (Fsp3) is 0.412. The molecular formula is C17H20N4O2. The first kappa shape index (κ1) is 14.4. The number of amides is 1. The van der Waals surface area contributed by atoms with Crippen molar-refractivity contribution in [1.82, 2.24) is 20.4 Å². The Balaban J connectivity index is 1.37. The summed E-state index contributed by atoms with van der Waals surface area (Å²) in [6, 6.07) is 12.6. The van der Waals surface area contributed by atoms with E-state index < -0.39 is 0 Å². The first-order valence-electron chi connectivity index (χ1n) is 8.00. The maximum absolute atomic E-state index is 12.1. The Morgan fingerprint density at radius 3 is 2.91 bits per heavy atom. The van der Waals surface area contributed by atoms with Gasteiger partial charge in [0.2, 0.25) is 0 Å². The number of ether oxygens (including phenoxy) is 1. The quantitative estimate of drug-likeness (QED) is 0.898. The van der Waals surface area contributed by atoms with Crippen molar-refractivity contribution in [3.05, 3.63) is 53.9 Å². The van der Waals surface area contributed by atoms with Gasteiger partial charge in [0.1, 0.15) is 5.69 Å². The Morgan fingerprint density at radius 2 is 2.13 bits per heavy atom. The zero-order valence-corrected chi connectivity index (χ0v) is 12.8. The molecule has 2 saturated heterocycles. The van der Waals surface area contributed by atoms with Crippen LogP contribution in [0.5, 0.6) is 0 Å². The van der Waals surface area contributed by atoms with E-state index in [0.717, 1.165) is 26.1 Å². The molecule has 120 valence electrons. The first-order valence-corrected chi connectivity index (χ1v) is 8.00. The van der Waals surface area contributed by atoms with Crippen LogP contribution in [0.25, 0.3) is 0 Å². The van der Waals surface area contributed by atoms with Crippen molar-refractivity contribution >= 4 is 5.91 Å². The van der Waals surface area contributed by atoms with Crippen molar-refractivity contribution in [3.63, 3.8) is 0 Å². The highest BCUT2D eigenvalue weighted by Gasteiger charge is 2.38. The van der Waals surface area contributed by atoms with Crippen LogP contribution in [0.3, 0.4) is 0 Å². The number of aromatic nitrogens is 2. The third-order valence-corrected chi connectivity index (χ3v) is 4.67. The van der Waals surface area contributed by atoms with Crippen LogP contribution >= 0.6 is 0 Å². The molecule has 0 spiro atoms. The molecule has 1 aromatic carbocycles. The molecule has 0 aliphatic carbocycles. The van der Waals surface area contributed by atoms with Gasteiger partial charge >= 0.3 is 0 Å². The summed E-state index contributed by atoms with van der Waals surface area (Å²) in [5.41, 5.74) is 1.73. The Hall–Kier alpha value is -2.18. The molecular weight excluding hydrogens is 292 g/mol.